The van der Waals surface area contributed by atoms with E-state index in [2.05, 4.69) is 16.8 Å². The molecule has 2 unspecified atom stereocenters. The van der Waals surface area contributed by atoms with Gasteiger partial charge in [-0.2, -0.15) is 0 Å². The fourth-order valence-electron chi connectivity index (χ4n) is 2.58. The highest BCUT2D eigenvalue weighted by atomic mass is 35.5. The molecule has 2 atom stereocenters. The lowest BCUT2D eigenvalue weighted by molar-refractivity contribution is 0.0948. The van der Waals surface area contributed by atoms with Crippen LogP contribution in [0.1, 0.15) is 35.4 Å². The number of hydrogen-bond acceptors (Lipinski definition) is 3. The van der Waals surface area contributed by atoms with E-state index in [9.17, 15) is 4.79 Å². The number of thiophene rings is 2. The predicted octanol–water partition coefficient (Wildman–Crippen LogP) is 4.49. The summed E-state index contributed by atoms with van der Waals surface area (Å²) in [6.45, 7) is 0.707. The van der Waals surface area contributed by atoms with Gasteiger partial charge in [-0.05, 0) is 36.3 Å². The van der Waals surface area contributed by atoms with E-state index in [0.29, 0.717) is 12.5 Å². The van der Waals surface area contributed by atoms with Crippen LogP contribution >= 0.6 is 34.3 Å². The van der Waals surface area contributed by atoms with E-state index in [1.807, 2.05) is 6.07 Å². The van der Waals surface area contributed by atoms with Crippen molar-refractivity contribution in [2.75, 3.05) is 6.54 Å². The van der Waals surface area contributed by atoms with Gasteiger partial charge < -0.3 is 5.32 Å². The first kappa shape index (κ1) is 13.4. The maximum absolute atomic E-state index is 12.1. The van der Waals surface area contributed by atoms with Crippen LogP contribution in [0.4, 0.5) is 0 Å². The number of halogens is 1. The number of rotatable bonds is 3. The Morgan fingerprint density at radius 2 is 2.21 bits per heavy atom. The van der Waals surface area contributed by atoms with Gasteiger partial charge >= 0.3 is 0 Å². The van der Waals surface area contributed by atoms with Crippen LogP contribution in [-0.2, 0) is 0 Å². The molecule has 0 bridgehead atoms. The summed E-state index contributed by atoms with van der Waals surface area (Å²) in [6, 6.07) is 4.05. The molecule has 1 N–H and O–H groups in total. The third kappa shape index (κ3) is 2.96. The molecule has 0 aromatic carbocycles. The van der Waals surface area contributed by atoms with Crippen LogP contribution < -0.4 is 5.32 Å². The van der Waals surface area contributed by atoms with Gasteiger partial charge in [0, 0.05) is 21.3 Å². The Bertz CT molecular complexity index is 548. The second-order valence-electron chi connectivity index (χ2n) is 5.03. The van der Waals surface area contributed by atoms with E-state index in [4.69, 9.17) is 11.6 Å². The van der Waals surface area contributed by atoms with E-state index >= 15 is 0 Å². The monoisotopic (exact) mass is 313 g/mol. The van der Waals surface area contributed by atoms with E-state index < -0.39 is 0 Å². The van der Waals surface area contributed by atoms with Crippen LogP contribution in [0.15, 0.2) is 17.5 Å². The Kier molecular flexibility index (Phi) is 4.10. The summed E-state index contributed by atoms with van der Waals surface area (Å²) in [5.74, 6) is 0.475. The Hall–Kier alpha value is -0.580. The first-order chi connectivity index (χ1) is 9.24. The minimum atomic E-state index is 0.0443. The molecule has 0 radical (unpaired) electrons. The molecule has 2 nitrogen and oxygen atoms in total. The molecule has 2 aromatic heterocycles. The fraction of sp³-hybridized carbons (Fsp3) is 0.500. The van der Waals surface area contributed by atoms with Crippen molar-refractivity contribution in [3.05, 3.63) is 22.4 Å². The zero-order chi connectivity index (χ0) is 13.2. The van der Waals surface area contributed by atoms with Crippen molar-refractivity contribution in [1.82, 2.24) is 5.32 Å². The Morgan fingerprint density at radius 3 is 3.00 bits per heavy atom. The second-order valence-corrected chi connectivity index (χ2v) is 7.62. The number of nitrogens with one attached hydrogen (secondary N) is 1. The SMILES string of the molecule is O=C(NCC1CCCCC1Cl)c1cc2sccc2s1. The Labute approximate surface area is 125 Å². The van der Waals surface area contributed by atoms with E-state index in [1.165, 1.54) is 22.2 Å². The van der Waals surface area contributed by atoms with Gasteiger partial charge in [-0.25, -0.2) is 0 Å². The number of carbonyl (C=O) groups excluding carboxylic acids is 1. The van der Waals surface area contributed by atoms with Gasteiger partial charge in [0.15, 0.2) is 0 Å². The predicted molar refractivity (Wildman–Crippen MR) is 83.6 cm³/mol. The molecule has 1 saturated carbocycles. The average Bonchev–Trinajstić information content (AvgIpc) is 2.98. The molecule has 0 saturated heterocycles. The molecular weight excluding hydrogens is 298 g/mol. The van der Waals surface area contributed by atoms with E-state index in [1.54, 1.807) is 22.7 Å². The molecular formula is C14H16ClNOS2. The van der Waals surface area contributed by atoms with Gasteiger partial charge in [0.25, 0.3) is 5.91 Å². The quantitative estimate of drug-likeness (QED) is 0.831. The molecule has 2 aromatic rings. The van der Waals surface area contributed by atoms with E-state index in [0.717, 1.165) is 17.7 Å². The summed E-state index contributed by atoms with van der Waals surface area (Å²) in [7, 11) is 0. The summed E-state index contributed by atoms with van der Waals surface area (Å²) < 4.78 is 2.39. The molecule has 2 heterocycles. The first-order valence-electron chi connectivity index (χ1n) is 6.63. The molecule has 19 heavy (non-hydrogen) atoms. The maximum atomic E-state index is 12.1. The Morgan fingerprint density at radius 1 is 1.37 bits per heavy atom. The van der Waals surface area contributed by atoms with Gasteiger partial charge in [-0.3, -0.25) is 4.79 Å². The smallest absolute Gasteiger partial charge is 0.261 e. The third-order valence-electron chi connectivity index (χ3n) is 3.70. The molecule has 0 aliphatic heterocycles. The zero-order valence-electron chi connectivity index (χ0n) is 10.5. The largest absolute Gasteiger partial charge is 0.351 e. The normalized spacial score (nSPS) is 23.6. The van der Waals surface area contributed by atoms with Gasteiger partial charge in [-0.15, -0.1) is 34.3 Å². The van der Waals surface area contributed by atoms with E-state index in [-0.39, 0.29) is 11.3 Å². The first-order valence-corrected chi connectivity index (χ1v) is 8.76. The van der Waals surface area contributed by atoms with Crippen molar-refractivity contribution in [2.45, 2.75) is 31.1 Å². The van der Waals surface area contributed by atoms with Crippen LogP contribution in [0.2, 0.25) is 0 Å². The van der Waals surface area contributed by atoms with Crippen LogP contribution in [-0.4, -0.2) is 17.8 Å². The summed E-state index contributed by atoms with van der Waals surface area (Å²) in [5, 5.41) is 5.32. The molecule has 0 spiro atoms. The number of carbonyl (C=O) groups is 1. The van der Waals surface area contributed by atoms with Crippen LogP contribution in [0.5, 0.6) is 0 Å². The molecule has 102 valence electrons. The molecule has 1 amide bonds. The fourth-order valence-corrected chi connectivity index (χ4v) is 4.98. The molecule has 1 aliphatic carbocycles. The number of hydrogen-bond donors (Lipinski definition) is 1. The standard InChI is InChI=1S/C14H16ClNOS2/c15-10-4-2-1-3-9(10)8-16-14(17)13-7-12-11(19-13)5-6-18-12/h5-7,9-10H,1-4,8H2,(H,16,17). The highest BCUT2D eigenvalue weighted by Gasteiger charge is 2.23. The highest BCUT2D eigenvalue weighted by Crippen LogP contribution is 2.30. The lowest BCUT2D eigenvalue weighted by Gasteiger charge is -2.26. The maximum Gasteiger partial charge on any atom is 0.261 e. The summed E-state index contributed by atoms with van der Waals surface area (Å²) in [5.41, 5.74) is 0. The van der Waals surface area contributed by atoms with Crippen molar-refractivity contribution in [3.8, 4) is 0 Å². The molecule has 3 rings (SSSR count). The molecule has 5 heteroatoms. The second kappa shape index (κ2) is 5.81. The summed E-state index contributed by atoms with van der Waals surface area (Å²) in [6.07, 6.45) is 4.67. The number of alkyl halides is 1. The van der Waals surface area contributed by atoms with Gasteiger partial charge in [0.05, 0.1) is 4.88 Å². The number of amides is 1. The zero-order valence-corrected chi connectivity index (χ0v) is 12.9. The van der Waals surface area contributed by atoms with Crippen LogP contribution in [0.3, 0.4) is 0 Å². The average molecular weight is 314 g/mol. The van der Waals surface area contributed by atoms with Crippen LogP contribution in [0, 0.1) is 5.92 Å². The number of fused-ring (bicyclic) bond motifs is 1. The highest BCUT2D eigenvalue weighted by molar-refractivity contribution is 7.27. The van der Waals surface area contributed by atoms with Gasteiger partial charge in [-0.1, -0.05) is 12.8 Å². The van der Waals surface area contributed by atoms with Gasteiger partial charge in [0.2, 0.25) is 0 Å². The lowest BCUT2D eigenvalue weighted by Crippen LogP contribution is -2.34. The summed E-state index contributed by atoms with van der Waals surface area (Å²) in [4.78, 5) is 12.9. The van der Waals surface area contributed by atoms with Crippen molar-refractivity contribution >= 4 is 49.6 Å². The lowest BCUT2D eigenvalue weighted by atomic mass is 9.89. The van der Waals surface area contributed by atoms with Gasteiger partial charge in [0.1, 0.15) is 0 Å². The third-order valence-corrected chi connectivity index (χ3v) is 6.37. The summed E-state index contributed by atoms with van der Waals surface area (Å²) >= 11 is 9.56. The minimum absolute atomic E-state index is 0.0443. The van der Waals surface area contributed by atoms with Crippen molar-refractivity contribution < 1.29 is 4.79 Å². The molecule has 1 aliphatic rings. The topological polar surface area (TPSA) is 29.1 Å². The Balaban J connectivity index is 1.60. The minimum Gasteiger partial charge on any atom is -0.351 e. The van der Waals surface area contributed by atoms with Crippen LogP contribution in [0.25, 0.3) is 9.40 Å². The van der Waals surface area contributed by atoms with Crippen molar-refractivity contribution in [2.24, 2.45) is 5.92 Å². The van der Waals surface area contributed by atoms with Crippen molar-refractivity contribution in [1.29, 1.82) is 0 Å². The van der Waals surface area contributed by atoms with Crippen molar-refractivity contribution in [3.63, 3.8) is 0 Å². The molecule has 1 fully saturated rings.